The zero-order valence-electron chi connectivity index (χ0n) is 11.3. The molecule has 0 bridgehead atoms. The Labute approximate surface area is 134 Å². The minimum Gasteiger partial charge on any atom is -0.480 e. The molecule has 1 heterocycles. The molecule has 2 rings (SSSR count). The zero-order chi connectivity index (χ0) is 16.4. The van der Waals surface area contributed by atoms with Gasteiger partial charge in [0.05, 0.1) is 9.83 Å². The molecule has 0 atom stereocenters. The Hall–Kier alpha value is -2.26. The van der Waals surface area contributed by atoms with Crippen molar-refractivity contribution in [1.29, 1.82) is 0 Å². The number of nitrogens with zero attached hydrogens (tertiary/aromatic N) is 2. The summed E-state index contributed by atoms with van der Waals surface area (Å²) in [6.07, 6.45) is 1.47. The van der Waals surface area contributed by atoms with Crippen LogP contribution in [0.15, 0.2) is 23.1 Å². The van der Waals surface area contributed by atoms with Gasteiger partial charge in [0.2, 0.25) is 0 Å². The topological polar surface area (TPSA) is 101 Å². The lowest BCUT2D eigenvalue weighted by Gasteiger charge is -2.10. The minimum atomic E-state index is -1.16. The number of aryl methyl sites for hydroxylation is 1. The van der Waals surface area contributed by atoms with Crippen LogP contribution in [0.4, 0.5) is 5.69 Å². The molecule has 9 heteroatoms. The molecule has 1 aliphatic rings. The van der Waals surface area contributed by atoms with Crippen LogP contribution in [-0.2, 0) is 9.59 Å². The van der Waals surface area contributed by atoms with Crippen molar-refractivity contribution in [3.8, 4) is 0 Å². The second-order valence-corrected chi connectivity index (χ2v) is 6.14. The third-order valence-electron chi connectivity index (χ3n) is 2.89. The van der Waals surface area contributed by atoms with Crippen molar-refractivity contribution in [2.24, 2.45) is 0 Å². The number of carbonyl (C=O) groups excluding carboxylic acids is 1. The molecule has 1 fully saturated rings. The molecule has 1 N–H and O–H groups in total. The minimum absolute atomic E-state index is 0.0465. The molecule has 0 unspecified atom stereocenters. The highest BCUT2D eigenvalue weighted by Gasteiger charge is 2.33. The SMILES string of the molecule is Cc1ccc(C=C2SC(=S)N(CC(=O)O)C2=O)cc1[N+](=O)[O-]. The molecule has 0 spiro atoms. The number of carbonyl (C=O) groups is 2. The van der Waals surface area contributed by atoms with E-state index in [-0.39, 0.29) is 14.9 Å². The van der Waals surface area contributed by atoms with Crippen LogP contribution >= 0.6 is 24.0 Å². The van der Waals surface area contributed by atoms with Crippen LogP contribution in [0.3, 0.4) is 0 Å². The molecule has 1 aromatic carbocycles. The van der Waals surface area contributed by atoms with Gasteiger partial charge in [-0.1, -0.05) is 36.1 Å². The predicted molar refractivity (Wildman–Crippen MR) is 85.3 cm³/mol. The molecule has 114 valence electrons. The summed E-state index contributed by atoms with van der Waals surface area (Å²) in [6, 6.07) is 4.59. The maximum atomic E-state index is 12.1. The largest absolute Gasteiger partial charge is 0.480 e. The Morgan fingerprint density at radius 3 is 2.82 bits per heavy atom. The average Bonchev–Trinajstić information content (AvgIpc) is 2.68. The van der Waals surface area contributed by atoms with Crippen LogP contribution in [-0.4, -0.2) is 37.7 Å². The van der Waals surface area contributed by atoms with Gasteiger partial charge in [-0.2, -0.15) is 0 Å². The lowest BCUT2D eigenvalue weighted by atomic mass is 10.1. The maximum absolute atomic E-state index is 12.1. The first kappa shape index (κ1) is 16.1. The summed E-state index contributed by atoms with van der Waals surface area (Å²) in [6.45, 7) is 1.12. The number of hydrogen-bond donors (Lipinski definition) is 1. The predicted octanol–water partition coefficient (Wildman–Crippen LogP) is 2.19. The monoisotopic (exact) mass is 338 g/mol. The molecular weight excluding hydrogens is 328 g/mol. The van der Waals surface area contributed by atoms with Crippen LogP contribution < -0.4 is 0 Å². The van der Waals surface area contributed by atoms with E-state index in [4.69, 9.17) is 17.3 Å². The second kappa shape index (κ2) is 6.24. The molecule has 1 saturated heterocycles. The van der Waals surface area contributed by atoms with Crippen molar-refractivity contribution >= 4 is 51.9 Å². The molecule has 0 saturated carbocycles. The van der Waals surface area contributed by atoms with E-state index in [9.17, 15) is 19.7 Å². The van der Waals surface area contributed by atoms with Gasteiger partial charge >= 0.3 is 5.97 Å². The standard InChI is InChI=1S/C13H10N2O5S2/c1-7-2-3-8(4-9(7)15(19)20)5-10-12(18)14(6-11(16)17)13(21)22-10/h2-5H,6H2,1H3,(H,16,17). The fourth-order valence-corrected chi connectivity index (χ4v) is 3.09. The first-order chi connectivity index (χ1) is 10.3. The van der Waals surface area contributed by atoms with Gasteiger partial charge in [0.1, 0.15) is 10.9 Å². The molecule has 1 aliphatic heterocycles. The molecule has 7 nitrogen and oxygen atoms in total. The van der Waals surface area contributed by atoms with E-state index in [0.717, 1.165) is 16.7 Å². The first-order valence-electron chi connectivity index (χ1n) is 6.02. The smallest absolute Gasteiger partial charge is 0.323 e. The van der Waals surface area contributed by atoms with Crippen LogP contribution in [0.1, 0.15) is 11.1 Å². The molecule has 1 aromatic rings. The van der Waals surface area contributed by atoms with Gasteiger partial charge in [-0.05, 0) is 18.6 Å². The lowest BCUT2D eigenvalue weighted by molar-refractivity contribution is -0.385. The first-order valence-corrected chi connectivity index (χ1v) is 7.24. The van der Waals surface area contributed by atoms with Crippen LogP contribution in [0.25, 0.3) is 6.08 Å². The Balaban J connectivity index is 2.33. The van der Waals surface area contributed by atoms with E-state index in [1.165, 1.54) is 12.1 Å². The maximum Gasteiger partial charge on any atom is 0.323 e. The highest BCUT2D eigenvalue weighted by Crippen LogP contribution is 2.33. The molecule has 0 radical (unpaired) electrons. The summed E-state index contributed by atoms with van der Waals surface area (Å²) in [5.41, 5.74) is 0.948. The van der Waals surface area contributed by atoms with Gasteiger partial charge in [0, 0.05) is 11.6 Å². The highest BCUT2D eigenvalue weighted by atomic mass is 32.2. The van der Waals surface area contributed by atoms with Gasteiger partial charge in [-0.15, -0.1) is 0 Å². The van der Waals surface area contributed by atoms with Crippen LogP contribution in [0.5, 0.6) is 0 Å². The van der Waals surface area contributed by atoms with Crippen molar-refractivity contribution in [1.82, 2.24) is 4.90 Å². The molecule has 22 heavy (non-hydrogen) atoms. The van der Waals surface area contributed by atoms with E-state index in [1.807, 2.05) is 0 Å². The van der Waals surface area contributed by atoms with Gasteiger partial charge in [-0.3, -0.25) is 24.6 Å². The fourth-order valence-electron chi connectivity index (χ4n) is 1.84. The van der Waals surface area contributed by atoms with Crippen molar-refractivity contribution in [2.45, 2.75) is 6.92 Å². The highest BCUT2D eigenvalue weighted by molar-refractivity contribution is 8.26. The molecule has 0 aromatic heterocycles. The van der Waals surface area contributed by atoms with Crippen molar-refractivity contribution in [2.75, 3.05) is 6.54 Å². The summed E-state index contributed by atoms with van der Waals surface area (Å²) in [4.78, 5) is 34.4. The van der Waals surface area contributed by atoms with E-state index in [1.54, 1.807) is 19.1 Å². The Morgan fingerprint density at radius 2 is 2.23 bits per heavy atom. The Morgan fingerprint density at radius 1 is 1.55 bits per heavy atom. The third kappa shape index (κ3) is 3.31. The van der Waals surface area contributed by atoms with Crippen LogP contribution in [0, 0.1) is 17.0 Å². The van der Waals surface area contributed by atoms with Crippen molar-refractivity contribution in [3.05, 3.63) is 44.3 Å². The van der Waals surface area contributed by atoms with E-state index in [0.29, 0.717) is 11.1 Å². The number of carboxylic acid groups (broad SMARTS) is 1. The number of aliphatic carboxylic acids is 1. The summed E-state index contributed by atoms with van der Waals surface area (Å²) in [5, 5.41) is 19.7. The molecule has 1 amide bonds. The van der Waals surface area contributed by atoms with E-state index >= 15 is 0 Å². The van der Waals surface area contributed by atoms with Gasteiger partial charge in [0.15, 0.2) is 0 Å². The number of rotatable bonds is 4. The number of nitro benzene ring substituents is 1. The quantitative estimate of drug-likeness (QED) is 0.389. The normalized spacial score (nSPS) is 16.4. The number of thioether (sulfide) groups is 1. The van der Waals surface area contributed by atoms with Crippen molar-refractivity contribution in [3.63, 3.8) is 0 Å². The summed E-state index contributed by atoms with van der Waals surface area (Å²) in [5.74, 6) is -1.68. The number of thiocarbonyl (C=S) groups is 1. The molecule has 0 aliphatic carbocycles. The summed E-state index contributed by atoms with van der Waals surface area (Å²) < 4.78 is 0.153. The summed E-state index contributed by atoms with van der Waals surface area (Å²) >= 11 is 5.95. The molecular formula is C13H10N2O5S2. The zero-order valence-corrected chi connectivity index (χ0v) is 12.9. The summed E-state index contributed by atoms with van der Waals surface area (Å²) in [7, 11) is 0. The van der Waals surface area contributed by atoms with Gasteiger partial charge in [0.25, 0.3) is 11.6 Å². The third-order valence-corrected chi connectivity index (χ3v) is 4.27. The number of carboxylic acids is 1. The van der Waals surface area contributed by atoms with Crippen LogP contribution in [0.2, 0.25) is 0 Å². The number of hydrogen-bond acceptors (Lipinski definition) is 6. The Kier molecular flexibility index (Phi) is 4.57. The second-order valence-electron chi connectivity index (χ2n) is 4.46. The lowest BCUT2D eigenvalue weighted by Crippen LogP contribution is -2.33. The number of benzene rings is 1. The number of amides is 1. The van der Waals surface area contributed by atoms with Gasteiger partial charge < -0.3 is 5.11 Å². The fraction of sp³-hybridized carbons (Fsp3) is 0.154. The number of nitro groups is 1. The van der Waals surface area contributed by atoms with Crippen molar-refractivity contribution < 1.29 is 19.6 Å². The average molecular weight is 338 g/mol. The van der Waals surface area contributed by atoms with Gasteiger partial charge in [-0.25, -0.2) is 0 Å². The Bertz CT molecular complexity index is 729. The van der Waals surface area contributed by atoms with E-state index < -0.39 is 23.3 Å². The van der Waals surface area contributed by atoms with E-state index in [2.05, 4.69) is 0 Å².